The molecule has 0 unspecified atom stereocenters. The summed E-state index contributed by atoms with van der Waals surface area (Å²) in [7, 11) is 1.63. The lowest BCUT2D eigenvalue weighted by Gasteiger charge is -2.31. The topological polar surface area (TPSA) is 73.4 Å². The molecule has 1 amide bonds. The van der Waals surface area contributed by atoms with Gasteiger partial charge >= 0.3 is 0 Å². The molecular weight excluding hydrogens is 418 g/mol. The number of methoxy groups -OCH3 is 1. The van der Waals surface area contributed by atoms with Crippen molar-refractivity contribution in [1.82, 2.24) is 19.7 Å². The van der Waals surface area contributed by atoms with Crippen molar-refractivity contribution in [2.75, 3.05) is 20.2 Å². The number of alkyl halides is 2. The van der Waals surface area contributed by atoms with Crippen LogP contribution < -0.4 is 4.74 Å². The highest BCUT2D eigenvalue weighted by Gasteiger charge is 2.29. The van der Waals surface area contributed by atoms with Crippen molar-refractivity contribution < 1.29 is 22.7 Å². The Bertz CT molecular complexity index is 1060. The lowest BCUT2D eigenvalue weighted by Crippen LogP contribution is -2.41. The lowest BCUT2D eigenvalue weighted by molar-refractivity contribution is -0.133. The Morgan fingerprint density at radius 2 is 2.09 bits per heavy atom. The van der Waals surface area contributed by atoms with E-state index in [0.717, 1.165) is 34.6 Å². The zero-order chi connectivity index (χ0) is 22.7. The fourth-order valence-electron chi connectivity index (χ4n) is 4.04. The molecule has 0 aliphatic carbocycles. The molecule has 1 atom stereocenters. The third kappa shape index (κ3) is 4.98. The second-order valence-corrected chi connectivity index (χ2v) is 8.04. The van der Waals surface area contributed by atoms with Crippen LogP contribution in [0.5, 0.6) is 5.75 Å². The molecule has 4 rings (SSSR count). The normalized spacial score (nSPS) is 16.5. The van der Waals surface area contributed by atoms with Crippen LogP contribution in [0.4, 0.5) is 8.78 Å². The zero-order valence-electron chi connectivity index (χ0n) is 18.1. The Morgan fingerprint density at radius 3 is 2.81 bits per heavy atom. The highest BCUT2D eigenvalue weighted by molar-refractivity contribution is 5.76. The van der Waals surface area contributed by atoms with E-state index in [-0.39, 0.29) is 24.1 Å². The van der Waals surface area contributed by atoms with Crippen molar-refractivity contribution in [2.24, 2.45) is 0 Å². The zero-order valence-corrected chi connectivity index (χ0v) is 18.1. The third-order valence-corrected chi connectivity index (χ3v) is 5.67. The molecule has 0 spiro atoms. The quantitative estimate of drug-likeness (QED) is 0.548. The molecule has 1 aliphatic heterocycles. The van der Waals surface area contributed by atoms with Crippen molar-refractivity contribution in [2.45, 2.75) is 45.1 Å². The second-order valence-electron chi connectivity index (χ2n) is 8.04. The number of oxazole rings is 1. The molecular formula is C23H26F2N4O3. The Balaban J connectivity index is 1.39. The molecule has 1 fully saturated rings. The molecule has 1 aliphatic rings. The van der Waals surface area contributed by atoms with E-state index in [4.69, 9.17) is 9.15 Å². The van der Waals surface area contributed by atoms with Gasteiger partial charge in [-0.2, -0.15) is 5.10 Å². The van der Waals surface area contributed by atoms with Gasteiger partial charge in [0.25, 0.3) is 6.43 Å². The number of benzene rings is 1. The van der Waals surface area contributed by atoms with Gasteiger partial charge in [-0.25, -0.2) is 13.8 Å². The van der Waals surface area contributed by atoms with Gasteiger partial charge in [0.15, 0.2) is 5.89 Å². The van der Waals surface area contributed by atoms with Crippen molar-refractivity contribution in [3.8, 4) is 5.75 Å². The first-order chi connectivity index (χ1) is 15.4. The third-order valence-electron chi connectivity index (χ3n) is 5.67. The molecule has 9 heteroatoms. The molecule has 0 bridgehead atoms. The SMILES string of the molecule is COc1ccc(Cc2cnc([C@H]3CCCN(C(=O)Cn4nc(C)cc4C(F)F)C3)o2)cc1. The minimum absolute atomic E-state index is 0.0220. The van der Waals surface area contributed by atoms with Gasteiger partial charge in [0.05, 0.1) is 24.9 Å². The first-order valence-electron chi connectivity index (χ1n) is 10.6. The van der Waals surface area contributed by atoms with Gasteiger partial charge in [0.2, 0.25) is 5.91 Å². The highest BCUT2D eigenvalue weighted by atomic mass is 19.3. The molecule has 0 N–H and O–H groups in total. The number of halogens is 2. The number of hydrogen-bond donors (Lipinski definition) is 0. The predicted octanol–water partition coefficient (Wildman–Crippen LogP) is 4.12. The van der Waals surface area contributed by atoms with Gasteiger partial charge in [-0.05, 0) is 43.5 Å². The highest BCUT2D eigenvalue weighted by Crippen LogP contribution is 2.28. The number of hydrogen-bond acceptors (Lipinski definition) is 5. The van der Waals surface area contributed by atoms with E-state index in [1.807, 2.05) is 24.3 Å². The smallest absolute Gasteiger partial charge is 0.280 e. The average Bonchev–Trinajstić information content (AvgIpc) is 3.41. The summed E-state index contributed by atoms with van der Waals surface area (Å²) in [6.45, 7) is 2.47. The summed E-state index contributed by atoms with van der Waals surface area (Å²) < 4.78 is 38.7. The van der Waals surface area contributed by atoms with Crippen LogP contribution in [0.1, 0.15) is 53.8 Å². The lowest BCUT2D eigenvalue weighted by atomic mass is 9.98. The van der Waals surface area contributed by atoms with Crippen molar-refractivity contribution in [3.05, 3.63) is 65.1 Å². The maximum absolute atomic E-state index is 13.2. The molecule has 7 nitrogen and oxygen atoms in total. The number of rotatable bonds is 7. The molecule has 0 radical (unpaired) electrons. The van der Waals surface area contributed by atoms with E-state index < -0.39 is 6.43 Å². The predicted molar refractivity (Wildman–Crippen MR) is 113 cm³/mol. The number of carbonyl (C=O) groups is 1. The Morgan fingerprint density at radius 1 is 1.31 bits per heavy atom. The molecule has 32 heavy (non-hydrogen) atoms. The van der Waals surface area contributed by atoms with E-state index in [2.05, 4.69) is 10.1 Å². The van der Waals surface area contributed by atoms with E-state index in [0.29, 0.717) is 31.1 Å². The number of amides is 1. The fourth-order valence-corrected chi connectivity index (χ4v) is 4.04. The summed E-state index contributed by atoms with van der Waals surface area (Å²) >= 11 is 0. The Labute approximate surface area is 185 Å². The van der Waals surface area contributed by atoms with Crippen molar-refractivity contribution in [3.63, 3.8) is 0 Å². The van der Waals surface area contributed by atoms with Crippen molar-refractivity contribution >= 4 is 5.91 Å². The number of aryl methyl sites for hydroxylation is 1. The number of carbonyl (C=O) groups excluding carboxylic acids is 1. The summed E-state index contributed by atoms with van der Waals surface area (Å²) in [4.78, 5) is 18.9. The summed E-state index contributed by atoms with van der Waals surface area (Å²) in [5.41, 5.74) is 1.31. The van der Waals surface area contributed by atoms with E-state index in [1.54, 1.807) is 25.1 Å². The van der Waals surface area contributed by atoms with Crippen LogP contribution in [0.2, 0.25) is 0 Å². The minimum atomic E-state index is -2.67. The van der Waals surface area contributed by atoms with Gasteiger partial charge < -0.3 is 14.1 Å². The molecule has 2 aromatic heterocycles. The molecule has 3 heterocycles. The van der Waals surface area contributed by atoms with Crippen LogP contribution in [0.25, 0.3) is 0 Å². The number of nitrogens with zero attached hydrogens (tertiary/aromatic N) is 4. The van der Waals surface area contributed by atoms with E-state index >= 15 is 0 Å². The van der Waals surface area contributed by atoms with Crippen LogP contribution >= 0.6 is 0 Å². The van der Waals surface area contributed by atoms with Crippen molar-refractivity contribution in [1.29, 1.82) is 0 Å². The molecule has 170 valence electrons. The monoisotopic (exact) mass is 444 g/mol. The first-order valence-corrected chi connectivity index (χ1v) is 10.6. The number of piperidine rings is 1. The van der Waals surface area contributed by atoms with Gasteiger partial charge in [0.1, 0.15) is 23.7 Å². The molecule has 3 aromatic rings. The van der Waals surface area contributed by atoms with Crippen LogP contribution in [-0.4, -0.2) is 45.8 Å². The van der Waals surface area contributed by atoms with Gasteiger partial charge in [-0.1, -0.05) is 12.1 Å². The molecule has 1 aromatic carbocycles. The van der Waals surface area contributed by atoms with Crippen LogP contribution in [-0.2, 0) is 17.8 Å². The molecule has 1 saturated heterocycles. The Kier molecular flexibility index (Phi) is 6.53. The number of likely N-dealkylation sites (tertiary alicyclic amines) is 1. The van der Waals surface area contributed by atoms with Gasteiger partial charge in [0, 0.05) is 19.5 Å². The summed E-state index contributed by atoms with van der Waals surface area (Å²) in [6.07, 6.45) is 1.32. The van der Waals surface area contributed by atoms with Gasteiger partial charge in [-0.3, -0.25) is 9.48 Å². The number of ether oxygens (including phenoxy) is 1. The van der Waals surface area contributed by atoms with Crippen LogP contribution in [0.3, 0.4) is 0 Å². The standard InChI is InChI=1S/C23H26F2N4O3/c1-15-10-20(22(24)25)29(27-15)14-21(30)28-9-3-4-17(13-28)23-26-12-19(32-23)11-16-5-7-18(31-2)8-6-16/h5-8,10,12,17,22H,3-4,9,11,13-14H2,1-2H3/t17-/m0/s1. The molecule has 0 saturated carbocycles. The summed E-state index contributed by atoms with van der Waals surface area (Å²) in [5.74, 6) is 1.90. The van der Waals surface area contributed by atoms with Crippen LogP contribution in [0, 0.1) is 6.92 Å². The van der Waals surface area contributed by atoms with E-state index in [1.165, 1.54) is 6.07 Å². The summed E-state index contributed by atoms with van der Waals surface area (Å²) in [6, 6.07) is 9.07. The largest absolute Gasteiger partial charge is 0.497 e. The minimum Gasteiger partial charge on any atom is -0.497 e. The Hall–Kier alpha value is -3.23. The number of aromatic nitrogens is 3. The second kappa shape index (κ2) is 9.50. The maximum Gasteiger partial charge on any atom is 0.280 e. The van der Waals surface area contributed by atoms with Crippen LogP contribution in [0.15, 0.2) is 40.9 Å². The van der Waals surface area contributed by atoms with Gasteiger partial charge in [-0.15, -0.1) is 0 Å². The maximum atomic E-state index is 13.2. The average molecular weight is 444 g/mol. The van der Waals surface area contributed by atoms with E-state index in [9.17, 15) is 13.6 Å². The first kappa shape index (κ1) is 22.0. The summed E-state index contributed by atoms with van der Waals surface area (Å²) in [5, 5.41) is 4.05. The fraction of sp³-hybridized carbons (Fsp3) is 0.435.